The van der Waals surface area contributed by atoms with Crippen molar-refractivity contribution in [3.05, 3.63) is 40.6 Å². The highest BCUT2D eigenvalue weighted by molar-refractivity contribution is 9.10. The maximum Gasteiger partial charge on any atom is 0.195 e. The molecule has 0 saturated heterocycles. The van der Waals surface area contributed by atoms with Gasteiger partial charge in [0.2, 0.25) is 0 Å². The minimum atomic E-state index is 0.588. The number of ether oxygens (including phenoxy) is 1. The first-order valence-corrected chi connectivity index (χ1v) is 7.69. The third-order valence-corrected chi connectivity index (χ3v) is 4.43. The molecule has 0 spiro atoms. The van der Waals surface area contributed by atoms with Gasteiger partial charge in [-0.25, -0.2) is 4.98 Å². The van der Waals surface area contributed by atoms with Crippen LogP contribution in [0.3, 0.4) is 0 Å². The highest BCUT2D eigenvalue weighted by Gasteiger charge is 2.12. The van der Waals surface area contributed by atoms with Crippen molar-refractivity contribution >= 4 is 43.8 Å². The summed E-state index contributed by atoms with van der Waals surface area (Å²) in [5.74, 6) is 0.810. The fourth-order valence-electron chi connectivity index (χ4n) is 1.97. The second-order valence-electron chi connectivity index (χ2n) is 4.10. The number of thiazole rings is 1. The average molecular weight is 351 g/mol. The number of aromatic nitrogens is 2. The van der Waals surface area contributed by atoms with Crippen LogP contribution in [-0.4, -0.2) is 22.4 Å². The van der Waals surface area contributed by atoms with E-state index in [2.05, 4.69) is 20.9 Å². The van der Waals surface area contributed by atoms with Crippen molar-refractivity contribution in [2.24, 2.45) is 0 Å². The van der Waals surface area contributed by atoms with Crippen molar-refractivity contribution in [2.45, 2.75) is 6.92 Å². The summed E-state index contributed by atoms with van der Waals surface area (Å²) in [5.41, 5.74) is 1.46. The first kappa shape index (κ1) is 13.3. The quantitative estimate of drug-likeness (QED) is 0.666. The summed E-state index contributed by atoms with van der Waals surface area (Å²) in [6.45, 7) is 2.57. The van der Waals surface area contributed by atoms with Crippen molar-refractivity contribution in [1.82, 2.24) is 9.55 Å². The van der Waals surface area contributed by atoms with Crippen molar-refractivity contribution in [3.63, 3.8) is 0 Å². The molecule has 3 aromatic rings. The largest absolute Gasteiger partial charge is 0.494 e. The molecule has 0 aliphatic rings. The normalized spacial score (nSPS) is 10.9. The third-order valence-electron chi connectivity index (χ3n) is 2.83. The van der Waals surface area contributed by atoms with E-state index < -0.39 is 0 Å². The number of rotatable bonds is 4. The van der Waals surface area contributed by atoms with Crippen LogP contribution < -0.4 is 4.74 Å². The van der Waals surface area contributed by atoms with Gasteiger partial charge in [-0.05, 0) is 47.1 Å². The molecule has 0 N–H and O–H groups in total. The summed E-state index contributed by atoms with van der Waals surface area (Å²) < 4.78 is 9.21. The van der Waals surface area contributed by atoms with Gasteiger partial charge in [0.25, 0.3) is 0 Å². The molecule has 0 saturated carbocycles. The van der Waals surface area contributed by atoms with Gasteiger partial charge in [0.15, 0.2) is 11.4 Å². The molecule has 0 fully saturated rings. The number of halogens is 1. The molecule has 1 aromatic carbocycles. The Hall–Kier alpha value is -1.66. The molecule has 2 aromatic heterocycles. The lowest BCUT2D eigenvalue weighted by molar-refractivity contribution is 0.111. The Morgan fingerprint density at radius 2 is 2.35 bits per heavy atom. The van der Waals surface area contributed by atoms with Gasteiger partial charge in [0.1, 0.15) is 5.75 Å². The predicted molar refractivity (Wildman–Crippen MR) is 83.2 cm³/mol. The molecule has 0 aliphatic carbocycles. The molecule has 4 nitrogen and oxygen atoms in total. The molecule has 102 valence electrons. The molecule has 0 atom stereocenters. The Balaban J connectivity index is 2.15. The zero-order valence-electron chi connectivity index (χ0n) is 10.7. The van der Waals surface area contributed by atoms with E-state index in [0.717, 1.165) is 31.9 Å². The molecular formula is C14H11BrN2O2S. The summed E-state index contributed by atoms with van der Waals surface area (Å²) in [5, 5.41) is 0.765. The van der Waals surface area contributed by atoms with Gasteiger partial charge in [0, 0.05) is 10.7 Å². The molecule has 20 heavy (non-hydrogen) atoms. The Labute approximate surface area is 128 Å². The molecule has 0 amide bonds. The number of nitrogens with zero attached hydrogens (tertiary/aromatic N) is 2. The van der Waals surface area contributed by atoms with E-state index in [9.17, 15) is 4.79 Å². The standard InChI is InChI=1S/C14H11BrN2O2S/c1-2-19-10-6-11(15)13-12(7-10)20-14(16-13)17-5-3-4-9(17)8-18/h3-8H,2H2,1H3. The van der Waals surface area contributed by atoms with E-state index in [1.54, 1.807) is 10.6 Å². The Morgan fingerprint density at radius 3 is 3.10 bits per heavy atom. The van der Waals surface area contributed by atoms with Crippen molar-refractivity contribution < 1.29 is 9.53 Å². The first-order valence-electron chi connectivity index (χ1n) is 6.08. The van der Waals surface area contributed by atoms with Gasteiger partial charge < -0.3 is 4.74 Å². The van der Waals surface area contributed by atoms with Gasteiger partial charge in [-0.3, -0.25) is 9.36 Å². The van der Waals surface area contributed by atoms with Gasteiger partial charge >= 0.3 is 0 Å². The van der Waals surface area contributed by atoms with Crippen LogP contribution in [0.4, 0.5) is 0 Å². The van der Waals surface area contributed by atoms with Crippen LogP contribution in [0.25, 0.3) is 15.3 Å². The molecule has 0 bridgehead atoms. The lowest BCUT2D eigenvalue weighted by Gasteiger charge is -2.02. The number of hydrogen-bond acceptors (Lipinski definition) is 4. The van der Waals surface area contributed by atoms with Crippen LogP contribution in [-0.2, 0) is 0 Å². The first-order chi connectivity index (χ1) is 9.72. The van der Waals surface area contributed by atoms with Crippen molar-refractivity contribution in [3.8, 4) is 10.9 Å². The summed E-state index contributed by atoms with van der Waals surface area (Å²) >= 11 is 5.04. The van der Waals surface area contributed by atoms with Crippen LogP contribution in [0.1, 0.15) is 17.4 Å². The summed E-state index contributed by atoms with van der Waals surface area (Å²) in [7, 11) is 0. The molecule has 3 rings (SSSR count). The van der Waals surface area contributed by atoms with Crippen LogP contribution >= 0.6 is 27.3 Å². The SMILES string of the molecule is CCOc1cc(Br)c2nc(-n3cccc3C=O)sc2c1. The number of carbonyl (C=O) groups excluding carboxylic acids is 1. The predicted octanol–water partition coefficient (Wildman–Crippen LogP) is 4.06. The summed E-state index contributed by atoms with van der Waals surface area (Å²) in [4.78, 5) is 15.6. The third kappa shape index (κ3) is 2.25. The highest BCUT2D eigenvalue weighted by Crippen LogP contribution is 2.34. The molecule has 0 radical (unpaired) electrons. The fourth-order valence-corrected chi connectivity index (χ4v) is 3.66. The van der Waals surface area contributed by atoms with Gasteiger partial charge in [0.05, 0.1) is 22.5 Å². The fraction of sp³-hybridized carbons (Fsp3) is 0.143. The maximum atomic E-state index is 11.0. The smallest absolute Gasteiger partial charge is 0.195 e. The van der Waals surface area contributed by atoms with E-state index in [1.807, 2.05) is 31.3 Å². The molecule has 0 aliphatic heterocycles. The second-order valence-corrected chi connectivity index (χ2v) is 5.97. The van der Waals surface area contributed by atoms with Crippen LogP contribution in [0.5, 0.6) is 5.75 Å². The number of carbonyl (C=O) groups is 1. The van der Waals surface area contributed by atoms with E-state index in [1.165, 1.54) is 11.3 Å². The molecule has 2 heterocycles. The van der Waals surface area contributed by atoms with Crippen LogP contribution in [0.2, 0.25) is 0 Å². The monoisotopic (exact) mass is 350 g/mol. The number of benzene rings is 1. The Morgan fingerprint density at radius 1 is 1.50 bits per heavy atom. The van der Waals surface area contributed by atoms with Gasteiger partial charge in [-0.2, -0.15) is 0 Å². The minimum Gasteiger partial charge on any atom is -0.494 e. The summed E-state index contributed by atoms with van der Waals surface area (Å²) in [6, 6.07) is 7.47. The zero-order valence-corrected chi connectivity index (χ0v) is 13.1. The molecule has 0 unspecified atom stereocenters. The van der Waals surface area contributed by atoms with Crippen molar-refractivity contribution in [2.75, 3.05) is 6.61 Å². The van der Waals surface area contributed by atoms with E-state index >= 15 is 0 Å². The van der Waals surface area contributed by atoms with E-state index in [0.29, 0.717) is 12.3 Å². The number of fused-ring (bicyclic) bond motifs is 1. The number of aldehydes is 1. The van der Waals surface area contributed by atoms with Gasteiger partial charge in [-0.1, -0.05) is 11.3 Å². The van der Waals surface area contributed by atoms with Crippen LogP contribution in [0, 0.1) is 0 Å². The number of hydrogen-bond donors (Lipinski definition) is 0. The Kier molecular flexibility index (Phi) is 3.58. The lowest BCUT2D eigenvalue weighted by Crippen LogP contribution is -1.96. The van der Waals surface area contributed by atoms with E-state index in [4.69, 9.17) is 4.74 Å². The van der Waals surface area contributed by atoms with Gasteiger partial charge in [-0.15, -0.1) is 0 Å². The summed E-state index contributed by atoms with van der Waals surface area (Å²) in [6.07, 6.45) is 2.66. The maximum absolute atomic E-state index is 11.0. The topological polar surface area (TPSA) is 44.1 Å². The van der Waals surface area contributed by atoms with Crippen LogP contribution in [0.15, 0.2) is 34.9 Å². The second kappa shape index (κ2) is 5.38. The minimum absolute atomic E-state index is 0.588. The Bertz CT molecular complexity index is 779. The zero-order chi connectivity index (χ0) is 14.1. The van der Waals surface area contributed by atoms with Crippen molar-refractivity contribution in [1.29, 1.82) is 0 Å². The molecular weight excluding hydrogens is 340 g/mol. The van der Waals surface area contributed by atoms with E-state index in [-0.39, 0.29) is 0 Å². The lowest BCUT2D eigenvalue weighted by atomic mass is 10.3. The highest BCUT2D eigenvalue weighted by atomic mass is 79.9. The average Bonchev–Trinajstić information content (AvgIpc) is 3.04. The molecule has 6 heteroatoms.